The second-order valence-electron chi connectivity index (χ2n) is 8.63. The highest BCUT2D eigenvalue weighted by molar-refractivity contribution is 5.18. The van der Waals surface area contributed by atoms with Gasteiger partial charge in [-0.25, -0.2) is 0 Å². The van der Waals surface area contributed by atoms with Crippen molar-refractivity contribution >= 4 is 0 Å². The van der Waals surface area contributed by atoms with Gasteiger partial charge in [0.25, 0.3) is 0 Å². The Morgan fingerprint density at radius 3 is 2.80 bits per heavy atom. The molecule has 4 rings (SSSR count). The molecule has 0 spiro atoms. The van der Waals surface area contributed by atoms with Crippen LogP contribution in [0.2, 0.25) is 0 Å². The summed E-state index contributed by atoms with van der Waals surface area (Å²) in [6.45, 7) is 8.52. The molecular weight excluding hydrogens is 244 g/mol. The highest BCUT2D eigenvalue weighted by Gasteiger charge is 2.58. The molecule has 0 amide bonds. The summed E-state index contributed by atoms with van der Waals surface area (Å²) in [5.74, 6) is 2.63. The highest BCUT2D eigenvalue weighted by atomic mass is 16.5. The van der Waals surface area contributed by atoms with Crippen molar-refractivity contribution in [2.24, 2.45) is 28.6 Å². The molecule has 0 bridgehead atoms. The van der Waals surface area contributed by atoms with Gasteiger partial charge in [-0.15, -0.1) is 0 Å². The summed E-state index contributed by atoms with van der Waals surface area (Å²) in [4.78, 5) is 0. The van der Waals surface area contributed by atoms with E-state index in [1.807, 2.05) is 0 Å². The zero-order chi connectivity index (χ0) is 14.0. The first-order valence-electron chi connectivity index (χ1n) is 8.83. The van der Waals surface area contributed by atoms with E-state index in [2.05, 4.69) is 26.8 Å². The minimum atomic E-state index is 0.504. The minimum absolute atomic E-state index is 0.504. The molecule has 0 aromatic carbocycles. The van der Waals surface area contributed by atoms with Crippen molar-refractivity contribution in [3.8, 4) is 0 Å². The summed E-state index contributed by atoms with van der Waals surface area (Å²) in [7, 11) is 0. The Morgan fingerprint density at radius 2 is 1.95 bits per heavy atom. The van der Waals surface area contributed by atoms with Gasteiger partial charge in [0.2, 0.25) is 0 Å². The normalized spacial score (nSPS) is 54.6. The van der Waals surface area contributed by atoms with E-state index in [-0.39, 0.29) is 0 Å². The third-order valence-electron chi connectivity index (χ3n) is 7.72. The maximum Gasteiger partial charge on any atom is 0.0660 e. The summed E-state index contributed by atoms with van der Waals surface area (Å²) in [5.41, 5.74) is 2.76. The molecule has 4 aliphatic rings. The maximum absolute atomic E-state index is 6.27. The molecule has 0 radical (unpaired) electrons. The quantitative estimate of drug-likeness (QED) is 0.567. The van der Waals surface area contributed by atoms with Crippen molar-refractivity contribution in [3.05, 3.63) is 11.6 Å². The Balaban J connectivity index is 1.68. The van der Waals surface area contributed by atoms with Crippen LogP contribution in [0.25, 0.3) is 0 Å². The predicted octanol–water partition coefficient (Wildman–Crippen LogP) is 4.96. The van der Waals surface area contributed by atoms with Crippen LogP contribution in [0.4, 0.5) is 0 Å². The molecule has 0 aromatic heterocycles. The fraction of sp³-hybridized carbons (Fsp3) is 0.895. The van der Waals surface area contributed by atoms with Crippen molar-refractivity contribution in [3.63, 3.8) is 0 Å². The van der Waals surface area contributed by atoms with Crippen LogP contribution in [0.1, 0.15) is 65.7 Å². The van der Waals surface area contributed by atoms with Gasteiger partial charge in [-0.05, 0) is 80.5 Å². The number of hydrogen-bond acceptors (Lipinski definition) is 1. The zero-order valence-corrected chi connectivity index (χ0v) is 13.5. The molecule has 2 saturated carbocycles. The average Bonchev–Trinajstić information content (AvgIpc) is 2.80. The van der Waals surface area contributed by atoms with E-state index in [1.54, 1.807) is 5.57 Å². The maximum atomic E-state index is 6.27. The van der Waals surface area contributed by atoms with Gasteiger partial charge in [0, 0.05) is 6.61 Å². The fourth-order valence-electron chi connectivity index (χ4n) is 6.56. The number of fused-ring (bicyclic) bond motifs is 5. The van der Waals surface area contributed by atoms with Crippen LogP contribution in [-0.4, -0.2) is 12.7 Å². The van der Waals surface area contributed by atoms with E-state index in [1.165, 1.54) is 44.9 Å². The van der Waals surface area contributed by atoms with E-state index in [0.717, 1.165) is 24.4 Å². The van der Waals surface area contributed by atoms with Crippen molar-refractivity contribution in [2.75, 3.05) is 6.61 Å². The second-order valence-corrected chi connectivity index (χ2v) is 8.63. The number of allylic oxidation sites excluding steroid dienone is 2. The summed E-state index contributed by atoms with van der Waals surface area (Å²) in [6.07, 6.45) is 12.8. The molecule has 1 unspecified atom stereocenters. The van der Waals surface area contributed by atoms with Crippen LogP contribution >= 0.6 is 0 Å². The van der Waals surface area contributed by atoms with E-state index in [0.29, 0.717) is 16.9 Å². The molecule has 1 heteroatoms. The van der Waals surface area contributed by atoms with Crippen molar-refractivity contribution in [2.45, 2.75) is 71.8 Å². The molecule has 0 aromatic rings. The van der Waals surface area contributed by atoms with Crippen LogP contribution in [0.5, 0.6) is 0 Å². The third kappa shape index (κ3) is 1.65. The summed E-state index contributed by atoms with van der Waals surface area (Å²) >= 11 is 0. The van der Waals surface area contributed by atoms with Gasteiger partial charge in [0.1, 0.15) is 0 Å². The third-order valence-corrected chi connectivity index (χ3v) is 7.72. The summed E-state index contributed by atoms with van der Waals surface area (Å²) in [5, 5.41) is 0. The Hall–Kier alpha value is -0.300. The Labute approximate surface area is 124 Å². The largest absolute Gasteiger partial charge is 0.377 e. The molecule has 0 N–H and O–H groups in total. The fourth-order valence-corrected chi connectivity index (χ4v) is 6.56. The smallest absolute Gasteiger partial charge is 0.0660 e. The average molecular weight is 274 g/mol. The lowest BCUT2D eigenvalue weighted by molar-refractivity contribution is -0.120. The lowest BCUT2D eigenvalue weighted by Crippen LogP contribution is -2.54. The second kappa shape index (κ2) is 4.35. The summed E-state index contributed by atoms with van der Waals surface area (Å²) in [6, 6.07) is 0. The first-order valence-corrected chi connectivity index (χ1v) is 8.83. The standard InChI is InChI=1S/C19H30O/c1-13-5-4-9-19(3)15(13)7-6-14-16(19)8-10-18(2)11-12-20-17(14)18/h5,14-17H,4,6-12H2,1-3H3/t14-,15?,16-,17+,18+,19-/m0/s1. The van der Waals surface area contributed by atoms with E-state index < -0.39 is 0 Å². The molecule has 3 fully saturated rings. The molecule has 6 atom stereocenters. The monoisotopic (exact) mass is 274 g/mol. The lowest BCUT2D eigenvalue weighted by atomic mass is 9.47. The lowest BCUT2D eigenvalue weighted by Gasteiger charge is -2.59. The molecule has 1 nitrogen and oxygen atoms in total. The van der Waals surface area contributed by atoms with Crippen LogP contribution < -0.4 is 0 Å². The number of ether oxygens (including phenoxy) is 1. The van der Waals surface area contributed by atoms with Crippen LogP contribution in [-0.2, 0) is 4.74 Å². The molecule has 1 heterocycles. The molecule has 1 saturated heterocycles. The van der Waals surface area contributed by atoms with Crippen molar-refractivity contribution in [1.82, 2.24) is 0 Å². The zero-order valence-electron chi connectivity index (χ0n) is 13.5. The van der Waals surface area contributed by atoms with Gasteiger partial charge in [-0.1, -0.05) is 25.5 Å². The molecule has 1 aliphatic heterocycles. The molecule has 112 valence electrons. The van der Waals surface area contributed by atoms with Gasteiger partial charge in [-0.2, -0.15) is 0 Å². The van der Waals surface area contributed by atoms with Crippen molar-refractivity contribution < 1.29 is 4.74 Å². The van der Waals surface area contributed by atoms with E-state index in [9.17, 15) is 0 Å². The first-order chi connectivity index (χ1) is 9.55. The highest BCUT2D eigenvalue weighted by Crippen LogP contribution is 2.63. The van der Waals surface area contributed by atoms with Gasteiger partial charge < -0.3 is 4.74 Å². The van der Waals surface area contributed by atoms with Crippen LogP contribution in [0.3, 0.4) is 0 Å². The van der Waals surface area contributed by atoms with E-state index in [4.69, 9.17) is 4.74 Å². The SMILES string of the molecule is CC1=CCC[C@@]2(C)C1CC[C@@H]1[C@H]3OCC[C@@]3(C)CC[C@@H]12. The van der Waals surface area contributed by atoms with Gasteiger partial charge in [0.15, 0.2) is 0 Å². The Bertz CT molecular complexity index is 439. The van der Waals surface area contributed by atoms with Crippen molar-refractivity contribution in [1.29, 1.82) is 0 Å². The Kier molecular flexibility index (Phi) is 2.91. The van der Waals surface area contributed by atoms with Gasteiger partial charge in [0.05, 0.1) is 6.10 Å². The topological polar surface area (TPSA) is 9.23 Å². The van der Waals surface area contributed by atoms with Crippen LogP contribution in [0.15, 0.2) is 11.6 Å². The molecular formula is C19H30O. The van der Waals surface area contributed by atoms with E-state index >= 15 is 0 Å². The molecule has 3 aliphatic carbocycles. The van der Waals surface area contributed by atoms with Gasteiger partial charge in [-0.3, -0.25) is 0 Å². The number of rotatable bonds is 0. The van der Waals surface area contributed by atoms with Gasteiger partial charge >= 0.3 is 0 Å². The first kappa shape index (κ1) is 13.4. The molecule has 20 heavy (non-hydrogen) atoms. The van der Waals surface area contributed by atoms with Crippen LogP contribution in [0, 0.1) is 28.6 Å². The number of hydrogen-bond donors (Lipinski definition) is 0. The summed E-state index contributed by atoms with van der Waals surface area (Å²) < 4.78 is 6.27. The minimum Gasteiger partial charge on any atom is -0.377 e. The predicted molar refractivity (Wildman–Crippen MR) is 82.5 cm³/mol. The Morgan fingerprint density at radius 1 is 1.10 bits per heavy atom.